The van der Waals surface area contributed by atoms with E-state index in [4.69, 9.17) is 17.3 Å². The molecule has 5 heteroatoms. The zero-order valence-electron chi connectivity index (χ0n) is 9.51. The van der Waals surface area contributed by atoms with Crippen molar-refractivity contribution in [2.75, 3.05) is 6.54 Å². The molecule has 0 aliphatic heterocycles. The summed E-state index contributed by atoms with van der Waals surface area (Å²) >= 11 is 7.69. The highest BCUT2D eigenvalue weighted by atomic mass is 35.5. The van der Waals surface area contributed by atoms with Gasteiger partial charge in [-0.3, -0.25) is 4.68 Å². The van der Waals surface area contributed by atoms with E-state index in [0.29, 0.717) is 6.54 Å². The lowest BCUT2D eigenvalue weighted by molar-refractivity contribution is 0.766. The number of nitrogens with zero attached hydrogens (tertiary/aromatic N) is 2. The van der Waals surface area contributed by atoms with Crippen LogP contribution in [-0.4, -0.2) is 16.3 Å². The van der Waals surface area contributed by atoms with Crippen LogP contribution >= 0.6 is 23.4 Å². The number of rotatable bonds is 4. The zero-order valence-corrected chi connectivity index (χ0v) is 11.1. The fourth-order valence-electron chi connectivity index (χ4n) is 1.58. The van der Waals surface area contributed by atoms with Crippen LogP contribution in [0.3, 0.4) is 0 Å². The van der Waals surface area contributed by atoms with Crippen LogP contribution in [0.25, 0.3) is 0 Å². The minimum Gasteiger partial charge on any atom is -0.329 e. The maximum atomic E-state index is 5.99. The highest BCUT2D eigenvalue weighted by molar-refractivity contribution is 7.99. The highest BCUT2D eigenvalue weighted by Gasteiger charge is 2.12. The van der Waals surface area contributed by atoms with Crippen molar-refractivity contribution in [3.8, 4) is 0 Å². The predicted octanol–water partition coefficient (Wildman–Crippen LogP) is 2.87. The Balaban J connectivity index is 2.16. The first-order valence-corrected chi connectivity index (χ1v) is 6.55. The van der Waals surface area contributed by atoms with Gasteiger partial charge in [0, 0.05) is 35.0 Å². The quantitative estimate of drug-likeness (QED) is 0.867. The Hall–Kier alpha value is -0.970. The Morgan fingerprint density at radius 2 is 2.35 bits per heavy atom. The Morgan fingerprint density at radius 1 is 1.53 bits per heavy atom. The van der Waals surface area contributed by atoms with E-state index in [1.54, 1.807) is 16.4 Å². The van der Waals surface area contributed by atoms with Crippen LogP contribution in [0, 0.1) is 0 Å². The molecule has 0 amide bonds. The fraction of sp³-hybridized carbons (Fsp3) is 0.250. The van der Waals surface area contributed by atoms with Gasteiger partial charge in [0.1, 0.15) is 0 Å². The van der Waals surface area contributed by atoms with Gasteiger partial charge in [0.05, 0.1) is 6.20 Å². The van der Waals surface area contributed by atoms with E-state index in [2.05, 4.69) is 5.10 Å². The van der Waals surface area contributed by atoms with Crippen LogP contribution in [-0.2, 0) is 7.05 Å². The highest BCUT2D eigenvalue weighted by Crippen LogP contribution is 2.34. The molecule has 1 heterocycles. The number of hydrogen-bond donors (Lipinski definition) is 1. The topological polar surface area (TPSA) is 43.8 Å². The molecule has 0 saturated carbocycles. The van der Waals surface area contributed by atoms with Crippen molar-refractivity contribution in [3.63, 3.8) is 0 Å². The lowest BCUT2D eigenvalue weighted by atomic mass is 10.1. The summed E-state index contributed by atoms with van der Waals surface area (Å²) in [6.45, 7) is 0.569. The third-order valence-corrected chi connectivity index (χ3v) is 3.86. The summed E-state index contributed by atoms with van der Waals surface area (Å²) in [4.78, 5) is 1.11. The van der Waals surface area contributed by atoms with Gasteiger partial charge in [-0.15, -0.1) is 11.8 Å². The fourth-order valence-corrected chi connectivity index (χ4v) is 2.81. The normalized spacial score (nSPS) is 12.6. The largest absolute Gasteiger partial charge is 0.329 e. The SMILES string of the molecule is Cn1cc(SC(CN)c2cccc(Cl)c2)cn1. The minimum atomic E-state index is 0.206. The summed E-state index contributed by atoms with van der Waals surface area (Å²) < 4.78 is 1.79. The summed E-state index contributed by atoms with van der Waals surface area (Å²) in [5.74, 6) is 0. The van der Waals surface area contributed by atoms with E-state index < -0.39 is 0 Å². The second-order valence-corrected chi connectivity index (χ2v) is 5.46. The molecule has 0 radical (unpaired) electrons. The summed E-state index contributed by atoms with van der Waals surface area (Å²) in [6, 6.07) is 7.83. The predicted molar refractivity (Wildman–Crippen MR) is 72.3 cm³/mol. The van der Waals surface area contributed by atoms with E-state index in [9.17, 15) is 0 Å². The third kappa shape index (κ3) is 3.25. The van der Waals surface area contributed by atoms with Crippen molar-refractivity contribution >= 4 is 23.4 Å². The number of thioether (sulfide) groups is 1. The minimum absolute atomic E-state index is 0.206. The zero-order chi connectivity index (χ0) is 12.3. The molecular weight excluding hydrogens is 254 g/mol. The summed E-state index contributed by atoms with van der Waals surface area (Å²) in [6.07, 6.45) is 3.83. The van der Waals surface area contributed by atoms with Gasteiger partial charge in [-0.05, 0) is 17.7 Å². The smallest absolute Gasteiger partial charge is 0.0626 e. The number of nitrogens with two attached hydrogens (primary N) is 1. The Bertz CT molecular complexity index is 498. The number of hydrogen-bond acceptors (Lipinski definition) is 3. The Morgan fingerprint density at radius 3 is 2.94 bits per heavy atom. The number of halogens is 1. The van der Waals surface area contributed by atoms with Crippen molar-refractivity contribution in [2.24, 2.45) is 12.8 Å². The molecule has 2 aromatic rings. The van der Waals surface area contributed by atoms with Gasteiger partial charge in [0.2, 0.25) is 0 Å². The van der Waals surface area contributed by atoms with E-state index >= 15 is 0 Å². The van der Waals surface area contributed by atoms with Gasteiger partial charge in [0.15, 0.2) is 0 Å². The lowest BCUT2D eigenvalue weighted by Crippen LogP contribution is -2.09. The van der Waals surface area contributed by atoms with Crippen LogP contribution < -0.4 is 5.73 Å². The van der Waals surface area contributed by atoms with Crippen LogP contribution in [0.5, 0.6) is 0 Å². The first-order valence-electron chi connectivity index (χ1n) is 5.30. The van der Waals surface area contributed by atoms with Gasteiger partial charge >= 0.3 is 0 Å². The molecule has 0 aliphatic carbocycles. The van der Waals surface area contributed by atoms with Gasteiger partial charge < -0.3 is 5.73 Å². The molecule has 1 aromatic carbocycles. The van der Waals surface area contributed by atoms with Crippen LogP contribution in [0.4, 0.5) is 0 Å². The number of aryl methyl sites for hydroxylation is 1. The standard InChI is InChI=1S/C12H14ClN3S/c1-16-8-11(7-15-16)17-12(6-14)9-3-2-4-10(13)5-9/h2-5,7-8,12H,6,14H2,1H3. The molecule has 0 aliphatic rings. The monoisotopic (exact) mass is 267 g/mol. The summed E-state index contributed by atoms with van der Waals surface area (Å²) in [5, 5.41) is 5.09. The van der Waals surface area contributed by atoms with Gasteiger partial charge in [0.25, 0.3) is 0 Å². The van der Waals surface area contributed by atoms with Crippen molar-refractivity contribution in [2.45, 2.75) is 10.1 Å². The molecule has 1 unspecified atom stereocenters. The number of aromatic nitrogens is 2. The molecule has 0 fully saturated rings. The van der Waals surface area contributed by atoms with Crippen molar-refractivity contribution in [1.82, 2.24) is 9.78 Å². The van der Waals surface area contributed by atoms with Crippen molar-refractivity contribution in [1.29, 1.82) is 0 Å². The maximum Gasteiger partial charge on any atom is 0.0626 e. The Labute approximate surface area is 110 Å². The van der Waals surface area contributed by atoms with Gasteiger partial charge in [-0.1, -0.05) is 23.7 Å². The summed E-state index contributed by atoms with van der Waals surface area (Å²) in [5.41, 5.74) is 6.97. The summed E-state index contributed by atoms with van der Waals surface area (Å²) in [7, 11) is 1.90. The van der Waals surface area contributed by atoms with Crippen molar-refractivity contribution in [3.05, 3.63) is 47.2 Å². The second-order valence-electron chi connectivity index (χ2n) is 3.75. The molecule has 3 nitrogen and oxygen atoms in total. The number of benzene rings is 1. The molecular formula is C12H14ClN3S. The second kappa shape index (κ2) is 5.58. The van der Waals surface area contributed by atoms with E-state index in [0.717, 1.165) is 15.5 Å². The first-order chi connectivity index (χ1) is 8.19. The molecule has 0 bridgehead atoms. The van der Waals surface area contributed by atoms with E-state index in [1.165, 1.54) is 0 Å². The molecule has 1 atom stereocenters. The van der Waals surface area contributed by atoms with E-state index in [-0.39, 0.29) is 5.25 Å². The molecule has 0 spiro atoms. The van der Waals surface area contributed by atoms with Crippen LogP contribution in [0.2, 0.25) is 5.02 Å². The average Bonchev–Trinajstić information content (AvgIpc) is 2.72. The molecule has 2 rings (SSSR count). The van der Waals surface area contributed by atoms with Crippen molar-refractivity contribution < 1.29 is 0 Å². The Kier molecular flexibility index (Phi) is 4.10. The van der Waals surface area contributed by atoms with Crippen LogP contribution in [0.15, 0.2) is 41.6 Å². The molecule has 2 N–H and O–H groups in total. The first kappa shape index (κ1) is 12.5. The van der Waals surface area contributed by atoms with Crippen LogP contribution in [0.1, 0.15) is 10.8 Å². The average molecular weight is 268 g/mol. The third-order valence-electron chi connectivity index (χ3n) is 2.39. The van der Waals surface area contributed by atoms with Gasteiger partial charge in [-0.2, -0.15) is 5.10 Å². The van der Waals surface area contributed by atoms with Gasteiger partial charge in [-0.25, -0.2) is 0 Å². The molecule has 90 valence electrons. The lowest BCUT2D eigenvalue weighted by Gasteiger charge is -2.13. The molecule has 17 heavy (non-hydrogen) atoms. The van der Waals surface area contributed by atoms with E-state index in [1.807, 2.05) is 43.7 Å². The molecule has 0 saturated heterocycles. The maximum absolute atomic E-state index is 5.99. The molecule has 1 aromatic heterocycles.